The molecule has 0 amide bonds. The van der Waals surface area contributed by atoms with Crippen LogP contribution in [-0.4, -0.2) is 160 Å². The number of H-pyrrole nitrogens is 1. The van der Waals surface area contributed by atoms with Gasteiger partial charge in [-0.2, -0.15) is 0 Å². The first kappa shape index (κ1) is 83.0. The number of aromatic nitrogens is 12. The molecule has 15 rings (SSSR count). The van der Waals surface area contributed by atoms with Crippen molar-refractivity contribution in [2.45, 2.75) is 112 Å². The van der Waals surface area contributed by atoms with E-state index in [4.69, 9.17) is 61.7 Å². The van der Waals surface area contributed by atoms with E-state index in [0.29, 0.717) is 128 Å². The van der Waals surface area contributed by atoms with Crippen LogP contribution in [0, 0.1) is 12.3 Å². The number of ether oxygens (including phenoxy) is 7. The number of nitrogen functional groups attached to an aromatic ring is 2. The van der Waals surface area contributed by atoms with Gasteiger partial charge in [0.05, 0.1) is 51.2 Å². The van der Waals surface area contributed by atoms with Crippen molar-refractivity contribution in [3.05, 3.63) is 230 Å². The number of aliphatic hydroxyl groups excluding tert-OH is 1. The van der Waals surface area contributed by atoms with Crippen LogP contribution in [0.2, 0.25) is 0 Å². The second-order valence-corrected chi connectivity index (χ2v) is 27.1. The molecule has 5 aliphatic rings. The van der Waals surface area contributed by atoms with Crippen LogP contribution in [-0.2, 0) is 43.4 Å². The van der Waals surface area contributed by atoms with E-state index in [2.05, 4.69) is 73.8 Å². The summed E-state index contributed by atoms with van der Waals surface area (Å²) in [4.78, 5) is 102. The van der Waals surface area contributed by atoms with Gasteiger partial charge in [0.2, 0.25) is 11.9 Å². The number of fused-ring (bicyclic) bond motifs is 2. The third kappa shape index (κ3) is 23.0. The predicted octanol–water partition coefficient (Wildman–Crippen LogP) is 8.74. The number of nitrogens with one attached hydrogen (secondary N) is 1. The van der Waals surface area contributed by atoms with E-state index in [-0.39, 0.29) is 88.1 Å². The quantitative estimate of drug-likeness (QED) is 0.0150. The molecule has 13 heterocycles. The summed E-state index contributed by atoms with van der Waals surface area (Å²) in [5.41, 5.74) is 23.9. The Kier molecular flexibility index (Phi) is 32.6. The normalized spacial score (nSPS) is 15.3. The summed E-state index contributed by atoms with van der Waals surface area (Å²) in [6, 6.07) is 28.8. The number of pyridine rings is 5. The molecule has 578 valence electrons. The Morgan fingerprint density at radius 3 is 1.47 bits per heavy atom. The monoisotopic (exact) mass is 1620 g/mol. The number of benzene rings is 2. The first-order valence-corrected chi connectivity index (χ1v) is 37.0. The van der Waals surface area contributed by atoms with Crippen LogP contribution < -0.4 is 48.7 Å². The van der Waals surface area contributed by atoms with Crippen LogP contribution in [0.5, 0.6) is 11.5 Å². The van der Waals surface area contributed by atoms with Crippen molar-refractivity contribution in [1.82, 2.24) is 58.2 Å². The molecule has 0 aliphatic carbocycles. The molecule has 5 aliphatic heterocycles. The highest BCUT2D eigenvalue weighted by Gasteiger charge is 2.23. The van der Waals surface area contributed by atoms with Crippen molar-refractivity contribution in [2.75, 3.05) is 91.8 Å². The number of carbonyl (C=O) groups is 2. The Morgan fingerprint density at radius 2 is 1.02 bits per heavy atom. The first-order valence-electron chi connectivity index (χ1n) is 35.7. The third-order valence-electron chi connectivity index (χ3n) is 18.3. The van der Waals surface area contributed by atoms with Crippen LogP contribution in [0.15, 0.2) is 163 Å². The number of azide groups is 1. The number of aliphatic hydroxyl groups is 1. The van der Waals surface area contributed by atoms with Crippen LogP contribution in [0.4, 0.5) is 11.9 Å². The number of methoxy groups -OCH3 is 2. The number of alkyl halides is 1. The molecule has 2 aromatic carbocycles. The summed E-state index contributed by atoms with van der Waals surface area (Å²) < 4.78 is 46.3. The van der Waals surface area contributed by atoms with Crippen LogP contribution in [0.25, 0.3) is 43.6 Å². The highest BCUT2D eigenvalue weighted by atomic mass is 127. The second kappa shape index (κ2) is 43.2. The molecule has 0 spiro atoms. The van der Waals surface area contributed by atoms with Gasteiger partial charge in [0, 0.05) is 158 Å². The first-order chi connectivity index (χ1) is 53.6. The number of aldehydes is 2. The van der Waals surface area contributed by atoms with Gasteiger partial charge >= 0.3 is 0 Å². The minimum Gasteiger partial charge on any atom is -0.494 e. The van der Waals surface area contributed by atoms with Gasteiger partial charge < -0.3 is 73.0 Å². The highest BCUT2D eigenvalue weighted by Crippen LogP contribution is 2.32. The molecule has 5 fully saturated rings. The molecule has 32 nitrogen and oxygen atoms in total. The van der Waals surface area contributed by atoms with Gasteiger partial charge in [-0.15, -0.1) is 11.5 Å². The summed E-state index contributed by atoms with van der Waals surface area (Å²) in [6.45, 7) is 7.70. The molecule has 110 heavy (non-hydrogen) atoms. The van der Waals surface area contributed by atoms with Gasteiger partial charge in [-0.05, 0) is 142 Å². The number of carbonyl (C=O) groups excluding carboxylic acids is 2. The fourth-order valence-electron chi connectivity index (χ4n) is 12.5. The zero-order valence-electron chi connectivity index (χ0n) is 61.0. The summed E-state index contributed by atoms with van der Waals surface area (Å²) in [5.74, 6) is 3.98. The van der Waals surface area contributed by atoms with Crippen molar-refractivity contribution in [2.24, 2.45) is 5.11 Å². The molecule has 0 atom stereocenters. The maximum absolute atomic E-state index is 13.0. The Morgan fingerprint density at radius 1 is 0.582 bits per heavy atom. The minimum atomic E-state index is -0.340. The van der Waals surface area contributed by atoms with Gasteiger partial charge in [0.15, 0.2) is 12.6 Å². The van der Waals surface area contributed by atoms with Gasteiger partial charge in [-0.3, -0.25) is 33.6 Å². The number of hydrogen-bond acceptors (Lipinski definition) is 24. The van der Waals surface area contributed by atoms with Crippen molar-refractivity contribution in [3.8, 4) is 35.2 Å². The molecule has 0 radical (unpaired) electrons. The average Bonchev–Trinajstić information content (AvgIpc) is 1.41. The van der Waals surface area contributed by atoms with Crippen LogP contribution in [0.3, 0.4) is 0 Å². The number of anilines is 2. The number of para-hydroxylation sites is 2. The zero-order valence-corrected chi connectivity index (χ0v) is 63.2. The fourth-order valence-corrected chi connectivity index (χ4v) is 13.0. The molecule has 33 heteroatoms. The van der Waals surface area contributed by atoms with E-state index < -0.39 is 0 Å². The highest BCUT2D eigenvalue weighted by molar-refractivity contribution is 14.1. The summed E-state index contributed by atoms with van der Waals surface area (Å²) >= 11 is 2.48. The van der Waals surface area contributed by atoms with Gasteiger partial charge in [0.1, 0.15) is 39.6 Å². The van der Waals surface area contributed by atoms with E-state index in [1.165, 1.54) is 25.1 Å². The number of rotatable bonds is 14. The molecule has 10 aromatic rings. The SMILES string of the molecule is C#Cc1nc(N)nc2c(OC)cccc12.COc1cccc2c(-c3cn(Cc4cccn(C5CCOCC5)c4=O)nn3)nc(N)nc12.IC1CCOCC1.O=Cc1ccc[nH]c1=O.O=Cc1cccn(C2CCOCC2)c1=O.O=c1c(CO)cccn1C1CCOCC1.[N-]=[N+]=NCc1cccn(C2CCOCC2)c1=O. The average molecular weight is 1620 g/mol. The van der Waals surface area contributed by atoms with Gasteiger partial charge in [0.25, 0.3) is 27.8 Å². The maximum atomic E-state index is 13.0. The van der Waals surface area contributed by atoms with Crippen molar-refractivity contribution in [1.29, 1.82) is 0 Å². The molecule has 0 unspecified atom stereocenters. The smallest absolute Gasteiger partial charge is 0.261 e. The molecule has 8 aromatic heterocycles. The van der Waals surface area contributed by atoms with E-state index in [0.717, 1.165) is 79.3 Å². The maximum Gasteiger partial charge on any atom is 0.261 e. The molecule has 6 N–H and O–H groups in total. The Hall–Kier alpha value is -11.1. The predicted molar refractivity (Wildman–Crippen MR) is 421 cm³/mol. The molecular weight excluding hydrogens is 1530 g/mol. The Labute approximate surface area is 645 Å². The van der Waals surface area contributed by atoms with E-state index >= 15 is 0 Å². The number of nitrogens with zero attached hydrogens (tertiary/aromatic N) is 14. The number of halogens is 1. The molecule has 0 bridgehead atoms. The third-order valence-corrected chi connectivity index (χ3v) is 19.6. The number of aromatic amines is 1. The molecule has 0 saturated carbocycles. The summed E-state index contributed by atoms with van der Waals surface area (Å²) in [6.07, 6.45) is 26.2. The van der Waals surface area contributed by atoms with Crippen molar-refractivity contribution < 1.29 is 47.9 Å². The second-order valence-electron chi connectivity index (χ2n) is 25.3. The Balaban J connectivity index is 0.000000155. The lowest BCUT2D eigenvalue weighted by molar-refractivity contribution is 0.0684. The lowest BCUT2D eigenvalue weighted by atomic mass is 10.1. The van der Waals surface area contributed by atoms with Crippen LogP contribution in [0.1, 0.15) is 131 Å². The lowest BCUT2D eigenvalue weighted by Crippen LogP contribution is -2.31. The topological polar surface area (TPSA) is 423 Å². The van der Waals surface area contributed by atoms with Crippen molar-refractivity contribution in [3.63, 3.8) is 0 Å². The van der Waals surface area contributed by atoms with E-state index in [1.807, 2.05) is 60.8 Å². The number of hydrogen-bond donors (Lipinski definition) is 4. The van der Waals surface area contributed by atoms with Gasteiger partial charge in [-0.1, -0.05) is 63.3 Å². The standard InChI is InChI=1S/C22H23N7O3.C11H14N4O2.C11H9N3O.C11H15NO3.C11H13NO3.C6H5NO2.C5H9IO/c1-31-18-6-2-5-16-19(24-22(23)25-20(16)18)17-13-28(27-26-17)12-14-4-3-9-29(21(14)30)15-7-10-32-11-8-15;12-14-13-8-9-2-1-5-15(11(9)16)10-3-6-17-7-4-10;1-3-8-7-5-4-6-9(15-2)10(7)14-11(12)13-8;2*13-8-9-2-1-5-12(11(9)14)10-3-6-15-7-4-10;8-4-5-2-1-3-7-6(5)9;6-5-1-3-7-4-2-5/h2-6,9,13,15H,7-8,10-12H2,1H3,(H2,23,24,25);1-2,5,10H,3-4,6-8H2;1,4-6H,2H3,(H2,12,13,14);1-2,5,10,13H,3-4,6-8H2;1-2,5,8,10H,3-4,6-7H2;1-4H,(H,7,9);5H,1-4H2. The van der Waals surface area contributed by atoms with E-state index in [1.54, 1.807) is 98.4 Å². The molecular formula is C77H88IN17O15. The minimum absolute atomic E-state index is 0.0158. The molecule has 5 saturated heterocycles. The van der Waals surface area contributed by atoms with Crippen LogP contribution >= 0.6 is 22.6 Å². The van der Waals surface area contributed by atoms with E-state index in [9.17, 15) is 33.6 Å². The summed E-state index contributed by atoms with van der Waals surface area (Å²) in [5, 5.41) is 22.4. The zero-order chi connectivity index (χ0) is 78.2. The largest absolute Gasteiger partial charge is 0.494 e. The fraction of sp³-hybridized carbons (Fsp3) is 0.390. The lowest BCUT2D eigenvalue weighted by Gasteiger charge is -2.24. The van der Waals surface area contributed by atoms with Crippen molar-refractivity contribution >= 4 is 68.9 Å². The summed E-state index contributed by atoms with van der Waals surface area (Å²) in [7, 11) is 3.15. The Bertz CT molecular complexity index is 5080. The number of nitrogens with two attached hydrogens (primary N) is 2. The van der Waals surface area contributed by atoms with Gasteiger partial charge in [-0.25, -0.2) is 24.6 Å². The number of terminal acetylenes is 1.